The number of thiocarbonyl (C=S) groups is 1. The molecule has 0 aliphatic carbocycles. The summed E-state index contributed by atoms with van der Waals surface area (Å²) in [7, 11) is 0. The van der Waals surface area contributed by atoms with Crippen molar-refractivity contribution in [2.24, 2.45) is 0 Å². The lowest BCUT2D eigenvalue weighted by atomic mass is 10.0. The number of ether oxygens (including phenoxy) is 1. The molecule has 5 nitrogen and oxygen atoms in total. The number of alkyl carbamates (subject to hydrolysis) is 1. The van der Waals surface area contributed by atoms with Crippen molar-refractivity contribution in [2.75, 3.05) is 0 Å². The lowest BCUT2D eigenvalue weighted by molar-refractivity contribution is -0.124. The van der Waals surface area contributed by atoms with Gasteiger partial charge in [-0.05, 0) is 61.2 Å². The number of carbonyl (C=O) groups is 2. The van der Waals surface area contributed by atoms with E-state index in [1.807, 2.05) is 79.7 Å². The van der Waals surface area contributed by atoms with Crippen LogP contribution in [0.4, 0.5) is 4.79 Å². The minimum absolute atomic E-state index is 0.245. The monoisotopic (exact) mass is 490 g/mol. The Morgan fingerprint density at radius 1 is 1.00 bits per heavy atom. The van der Waals surface area contributed by atoms with Crippen LogP contribution in [0, 0.1) is 0 Å². The summed E-state index contributed by atoms with van der Waals surface area (Å²) >= 11 is 6.89. The molecular weight excluding hydrogens is 464 g/mol. The molecule has 174 valence electrons. The topological polar surface area (TPSA) is 58.6 Å². The molecule has 0 bridgehead atoms. The van der Waals surface area contributed by atoms with Crippen LogP contribution in [0.1, 0.15) is 45.0 Å². The van der Waals surface area contributed by atoms with Crippen molar-refractivity contribution in [3.8, 4) is 0 Å². The summed E-state index contributed by atoms with van der Waals surface area (Å²) in [6.07, 6.45) is -1.43. The molecule has 3 aromatic carbocycles. The SMILES string of the molecule is C/C(=C1/SC(=S)N(C(NC(=O)OC(C)(C)C)c2ccc3ccccc3c2)C1=O)c1ccccc1. The highest BCUT2D eigenvalue weighted by Gasteiger charge is 2.40. The highest BCUT2D eigenvalue weighted by Crippen LogP contribution is 2.40. The standard InChI is InChI=1S/C27H26N2O3S2/c1-17(18-10-6-5-7-11-18)22-24(30)29(26(33)34-22)23(28-25(31)32-27(2,3)4)21-15-14-19-12-8-9-13-20(19)16-21/h5-16,23H,1-4H3,(H,28,31)/b22-17-. The Labute approximate surface area is 209 Å². The van der Waals surface area contributed by atoms with Gasteiger partial charge in [0.25, 0.3) is 5.91 Å². The summed E-state index contributed by atoms with van der Waals surface area (Å²) in [6, 6.07) is 23.5. The molecule has 7 heteroatoms. The van der Waals surface area contributed by atoms with Crippen molar-refractivity contribution in [3.63, 3.8) is 0 Å². The number of rotatable bonds is 4. The van der Waals surface area contributed by atoms with Gasteiger partial charge >= 0.3 is 6.09 Å². The highest BCUT2D eigenvalue weighted by molar-refractivity contribution is 8.26. The van der Waals surface area contributed by atoms with Crippen LogP contribution in [0.3, 0.4) is 0 Å². The Balaban J connectivity index is 1.75. The molecule has 0 spiro atoms. The first-order valence-electron chi connectivity index (χ1n) is 10.9. The van der Waals surface area contributed by atoms with Gasteiger partial charge in [0.2, 0.25) is 0 Å². The maximum absolute atomic E-state index is 13.6. The predicted octanol–water partition coefficient (Wildman–Crippen LogP) is 6.65. The molecule has 0 saturated carbocycles. The van der Waals surface area contributed by atoms with Crippen LogP contribution in [0.25, 0.3) is 16.3 Å². The van der Waals surface area contributed by atoms with Gasteiger partial charge in [-0.1, -0.05) is 90.7 Å². The molecule has 1 aliphatic rings. The van der Waals surface area contributed by atoms with Gasteiger partial charge in [-0.25, -0.2) is 4.79 Å². The molecule has 4 rings (SSSR count). The van der Waals surface area contributed by atoms with Crippen LogP contribution in [0.2, 0.25) is 0 Å². The molecular formula is C27H26N2O3S2. The van der Waals surface area contributed by atoms with Crippen molar-refractivity contribution in [2.45, 2.75) is 39.5 Å². The fourth-order valence-electron chi connectivity index (χ4n) is 3.75. The third-order valence-electron chi connectivity index (χ3n) is 5.35. The number of nitrogens with zero attached hydrogens (tertiary/aromatic N) is 1. The minimum Gasteiger partial charge on any atom is -0.444 e. The molecule has 2 amide bonds. The number of fused-ring (bicyclic) bond motifs is 1. The van der Waals surface area contributed by atoms with Crippen molar-refractivity contribution < 1.29 is 14.3 Å². The molecule has 1 aliphatic heterocycles. The van der Waals surface area contributed by atoms with E-state index in [-0.39, 0.29) is 5.91 Å². The lowest BCUT2D eigenvalue weighted by Crippen LogP contribution is -2.45. The average Bonchev–Trinajstić information content (AvgIpc) is 3.09. The van der Waals surface area contributed by atoms with Gasteiger partial charge in [0, 0.05) is 0 Å². The number of carbonyl (C=O) groups excluding carboxylic acids is 2. The van der Waals surface area contributed by atoms with Crippen LogP contribution in [-0.2, 0) is 9.53 Å². The van der Waals surface area contributed by atoms with E-state index in [2.05, 4.69) is 5.32 Å². The number of amides is 2. The Bertz CT molecular complexity index is 1300. The smallest absolute Gasteiger partial charge is 0.409 e. The fourth-order valence-corrected chi connectivity index (χ4v) is 5.10. The Morgan fingerprint density at radius 2 is 1.65 bits per heavy atom. The van der Waals surface area contributed by atoms with Gasteiger partial charge < -0.3 is 4.74 Å². The van der Waals surface area contributed by atoms with Crippen molar-refractivity contribution in [3.05, 3.63) is 88.8 Å². The van der Waals surface area contributed by atoms with Crippen LogP contribution < -0.4 is 5.32 Å². The molecule has 3 aromatic rings. The molecule has 1 N–H and O–H groups in total. The van der Waals surface area contributed by atoms with E-state index >= 15 is 0 Å². The van der Waals surface area contributed by atoms with Gasteiger partial charge in [-0.3, -0.25) is 15.0 Å². The molecule has 1 fully saturated rings. The molecule has 0 radical (unpaired) electrons. The summed E-state index contributed by atoms with van der Waals surface area (Å²) in [5.41, 5.74) is 1.84. The normalized spacial score (nSPS) is 16.5. The molecule has 1 heterocycles. The Hall–Kier alpha value is -3.16. The minimum atomic E-state index is -0.812. The maximum atomic E-state index is 13.6. The number of benzene rings is 3. The van der Waals surface area contributed by atoms with Crippen LogP contribution in [0.5, 0.6) is 0 Å². The van der Waals surface area contributed by atoms with Crippen molar-refractivity contribution in [1.82, 2.24) is 10.2 Å². The van der Waals surface area contributed by atoms with E-state index in [9.17, 15) is 9.59 Å². The van der Waals surface area contributed by atoms with E-state index in [1.165, 1.54) is 16.7 Å². The van der Waals surface area contributed by atoms with Crippen LogP contribution in [0.15, 0.2) is 77.7 Å². The summed E-state index contributed by atoms with van der Waals surface area (Å²) in [5.74, 6) is -0.245. The Kier molecular flexibility index (Phi) is 6.77. The van der Waals surface area contributed by atoms with Gasteiger partial charge in [-0.2, -0.15) is 0 Å². The van der Waals surface area contributed by atoms with Gasteiger partial charge in [0.1, 0.15) is 16.1 Å². The predicted molar refractivity (Wildman–Crippen MR) is 142 cm³/mol. The van der Waals surface area contributed by atoms with Crippen LogP contribution >= 0.6 is 24.0 Å². The summed E-state index contributed by atoms with van der Waals surface area (Å²) in [4.78, 5) is 28.4. The molecule has 1 atom stereocenters. The van der Waals surface area contributed by atoms with Gasteiger partial charge in [-0.15, -0.1) is 0 Å². The molecule has 0 aromatic heterocycles. The van der Waals surface area contributed by atoms with E-state index in [1.54, 1.807) is 20.8 Å². The van der Waals surface area contributed by atoms with Crippen molar-refractivity contribution in [1.29, 1.82) is 0 Å². The van der Waals surface area contributed by atoms with Gasteiger partial charge in [0.05, 0.1) is 4.91 Å². The average molecular weight is 491 g/mol. The molecule has 1 saturated heterocycles. The second kappa shape index (κ2) is 9.60. The third kappa shape index (κ3) is 5.16. The first-order valence-corrected chi connectivity index (χ1v) is 12.2. The highest BCUT2D eigenvalue weighted by atomic mass is 32.2. The molecule has 1 unspecified atom stereocenters. The van der Waals surface area contributed by atoms with E-state index in [0.717, 1.165) is 27.5 Å². The largest absolute Gasteiger partial charge is 0.444 e. The third-order valence-corrected chi connectivity index (χ3v) is 6.85. The van der Waals surface area contributed by atoms with Gasteiger partial charge in [0.15, 0.2) is 0 Å². The molecule has 34 heavy (non-hydrogen) atoms. The number of thioether (sulfide) groups is 1. The summed E-state index contributed by atoms with van der Waals surface area (Å²) in [6.45, 7) is 7.30. The quantitative estimate of drug-likeness (QED) is 0.328. The zero-order chi connectivity index (χ0) is 24.5. The van der Waals surface area contributed by atoms with E-state index in [0.29, 0.717) is 9.23 Å². The summed E-state index contributed by atoms with van der Waals surface area (Å²) in [5, 5.41) is 4.94. The number of hydrogen-bond acceptors (Lipinski definition) is 5. The number of allylic oxidation sites excluding steroid dienone is 1. The lowest BCUT2D eigenvalue weighted by Gasteiger charge is -2.29. The second-order valence-electron chi connectivity index (χ2n) is 9.02. The maximum Gasteiger partial charge on any atom is 0.409 e. The van der Waals surface area contributed by atoms with Crippen LogP contribution in [-0.4, -0.2) is 26.8 Å². The number of hydrogen-bond donors (Lipinski definition) is 1. The summed E-state index contributed by atoms with van der Waals surface area (Å²) < 4.78 is 5.88. The first-order chi connectivity index (χ1) is 16.1. The number of nitrogens with one attached hydrogen (secondary N) is 1. The van der Waals surface area contributed by atoms with Crippen molar-refractivity contribution >= 4 is 56.6 Å². The zero-order valence-electron chi connectivity index (χ0n) is 19.5. The van der Waals surface area contributed by atoms with E-state index in [4.69, 9.17) is 17.0 Å². The zero-order valence-corrected chi connectivity index (χ0v) is 21.1. The van der Waals surface area contributed by atoms with E-state index < -0.39 is 17.9 Å². The second-order valence-corrected chi connectivity index (χ2v) is 10.7. The first kappa shape index (κ1) is 24.0. The Morgan fingerprint density at radius 3 is 2.32 bits per heavy atom. The fraction of sp³-hybridized carbons (Fsp3) is 0.222.